The lowest BCUT2D eigenvalue weighted by atomic mass is 9.91. The minimum absolute atomic E-state index is 0.0179. The minimum Gasteiger partial charge on any atom is -0.496 e. The lowest BCUT2D eigenvalue weighted by Crippen LogP contribution is -2.21. The van der Waals surface area contributed by atoms with E-state index in [1.165, 1.54) is 0 Å². The summed E-state index contributed by atoms with van der Waals surface area (Å²) in [6.07, 6.45) is 1.55. The molecule has 1 aromatic carbocycles. The lowest BCUT2D eigenvalue weighted by Gasteiger charge is -2.16. The number of aliphatic hydroxyl groups is 1. The van der Waals surface area contributed by atoms with E-state index in [4.69, 9.17) is 4.74 Å². The third-order valence-corrected chi connectivity index (χ3v) is 3.77. The molecule has 1 N–H and O–H groups in total. The quantitative estimate of drug-likeness (QED) is 0.815. The molecule has 18 heavy (non-hydrogen) atoms. The summed E-state index contributed by atoms with van der Waals surface area (Å²) in [5.41, 5.74) is 1.19. The Hall–Kier alpha value is -1.35. The largest absolute Gasteiger partial charge is 0.496 e. The number of aliphatic hydroxyl groups excluding tert-OH is 1. The van der Waals surface area contributed by atoms with Crippen molar-refractivity contribution in [3.63, 3.8) is 0 Å². The molecular weight excluding hydrogens is 228 g/mol. The number of rotatable bonds is 5. The molecule has 1 fully saturated rings. The van der Waals surface area contributed by atoms with Gasteiger partial charge in [0.1, 0.15) is 5.75 Å². The highest BCUT2D eigenvalue weighted by Gasteiger charge is 2.50. The molecule has 0 spiro atoms. The monoisotopic (exact) mass is 248 g/mol. The Morgan fingerprint density at radius 3 is 2.56 bits per heavy atom. The molecule has 0 aliphatic heterocycles. The van der Waals surface area contributed by atoms with E-state index < -0.39 is 5.41 Å². The van der Waals surface area contributed by atoms with Gasteiger partial charge in [-0.1, -0.05) is 19.9 Å². The number of methoxy groups -OCH3 is 1. The fraction of sp³-hybridized carbons (Fsp3) is 0.533. The molecule has 2 rings (SSSR count). The highest BCUT2D eigenvalue weighted by atomic mass is 16.5. The molecule has 1 aliphatic rings. The molecule has 0 radical (unpaired) electrons. The highest BCUT2D eigenvalue weighted by Crippen LogP contribution is 2.48. The van der Waals surface area contributed by atoms with Crippen LogP contribution in [0.2, 0.25) is 0 Å². The second-order valence-electron chi connectivity index (χ2n) is 5.38. The third kappa shape index (κ3) is 2.15. The first-order valence-electron chi connectivity index (χ1n) is 6.37. The Morgan fingerprint density at radius 1 is 1.44 bits per heavy atom. The van der Waals surface area contributed by atoms with E-state index in [1.54, 1.807) is 7.11 Å². The lowest BCUT2D eigenvalue weighted by molar-refractivity contribution is 0.0826. The standard InChI is InChI=1S/C15H20O3/c1-10(2)11-4-5-13(18-3)12(8-11)14(17)15(9-16)6-7-15/h4-5,8,10,16H,6-7,9H2,1-3H3. The van der Waals surface area contributed by atoms with Crippen LogP contribution in [0.25, 0.3) is 0 Å². The first-order valence-corrected chi connectivity index (χ1v) is 6.37. The van der Waals surface area contributed by atoms with E-state index in [0.717, 1.165) is 18.4 Å². The van der Waals surface area contributed by atoms with E-state index in [2.05, 4.69) is 13.8 Å². The van der Waals surface area contributed by atoms with Crippen LogP contribution in [-0.4, -0.2) is 24.6 Å². The van der Waals surface area contributed by atoms with Gasteiger partial charge in [0.25, 0.3) is 0 Å². The zero-order chi connectivity index (χ0) is 13.3. The first kappa shape index (κ1) is 13.1. The van der Waals surface area contributed by atoms with E-state index in [1.807, 2.05) is 18.2 Å². The van der Waals surface area contributed by atoms with Gasteiger partial charge in [-0.2, -0.15) is 0 Å². The van der Waals surface area contributed by atoms with Gasteiger partial charge >= 0.3 is 0 Å². The molecule has 0 saturated heterocycles. The Balaban J connectivity index is 2.41. The highest BCUT2D eigenvalue weighted by molar-refractivity contribution is 6.04. The van der Waals surface area contributed by atoms with Gasteiger partial charge in [-0.15, -0.1) is 0 Å². The van der Waals surface area contributed by atoms with Crippen molar-refractivity contribution >= 4 is 5.78 Å². The molecule has 0 unspecified atom stereocenters. The van der Waals surface area contributed by atoms with Crippen molar-refractivity contribution in [1.82, 2.24) is 0 Å². The summed E-state index contributed by atoms with van der Waals surface area (Å²) in [6, 6.07) is 5.73. The predicted molar refractivity (Wildman–Crippen MR) is 70.2 cm³/mol. The second-order valence-corrected chi connectivity index (χ2v) is 5.38. The molecule has 98 valence electrons. The van der Waals surface area contributed by atoms with E-state index in [-0.39, 0.29) is 12.4 Å². The number of Topliss-reactive ketones (excluding diaryl/α,β-unsaturated/α-hetero) is 1. The zero-order valence-corrected chi connectivity index (χ0v) is 11.2. The second kappa shape index (κ2) is 4.73. The number of hydrogen-bond donors (Lipinski definition) is 1. The Morgan fingerprint density at radius 2 is 2.11 bits per heavy atom. The number of carbonyl (C=O) groups is 1. The molecule has 3 nitrogen and oxygen atoms in total. The smallest absolute Gasteiger partial charge is 0.175 e. The summed E-state index contributed by atoms with van der Waals surface area (Å²) in [5.74, 6) is 0.986. The summed E-state index contributed by atoms with van der Waals surface area (Å²) in [6.45, 7) is 4.12. The van der Waals surface area contributed by atoms with Crippen LogP contribution in [0.1, 0.15) is 48.5 Å². The molecule has 1 aliphatic carbocycles. The van der Waals surface area contributed by atoms with Gasteiger partial charge in [0.15, 0.2) is 5.78 Å². The van der Waals surface area contributed by atoms with E-state index in [9.17, 15) is 9.90 Å². The average Bonchev–Trinajstić information content (AvgIpc) is 3.18. The van der Waals surface area contributed by atoms with Crippen LogP contribution in [0.15, 0.2) is 18.2 Å². The van der Waals surface area contributed by atoms with Crippen LogP contribution < -0.4 is 4.74 Å². The zero-order valence-electron chi connectivity index (χ0n) is 11.2. The normalized spacial score (nSPS) is 16.7. The van der Waals surface area contributed by atoms with Crippen molar-refractivity contribution in [1.29, 1.82) is 0 Å². The Bertz CT molecular complexity index is 459. The number of hydrogen-bond acceptors (Lipinski definition) is 3. The maximum Gasteiger partial charge on any atom is 0.175 e. The van der Waals surface area contributed by atoms with Crippen LogP contribution in [0.4, 0.5) is 0 Å². The van der Waals surface area contributed by atoms with Gasteiger partial charge < -0.3 is 9.84 Å². The van der Waals surface area contributed by atoms with Crippen molar-refractivity contribution < 1.29 is 14.6 Å². The molecule has 1 saturated carbocycles. The van der Waals surface area contributed by atoms with Crippen molar-refractivity contribution in [2.45, 2.75) is 32.6 Å². The summed E-state index contributed by atoms with van der Waals surface area (Å²) < 4.78 is 5.27. The van der Waals surface area contributed by atoms with E-state index >= 15 is 0 Å². The van der Waals surface area contributed by atoms with Crippen molar-refractivity contribution in [2.24, 2.45) is 5.41 Å². The fourth-order valence-electron chi connectivity index (χ4n) is 2.16. The molecule has 0 aromatic heterocycles. The number of benzene rings is 1. The van der Waals surface area contributed by atoms with Crippen LogP contribution >= 0.6 is 0 Å². The average molecular weight is 248 g/mol. The molecule has 0 heterocycles. The molecular formula is C15H20O3. The van der Waals surface area contributed by atoms with Crippen molar-refractivity contribution in [3.05, 3.63) is 29.3 Å². The maximum absolute atomic E-state index is 12.5. The fourth-order valence-corrected chi connectivity index (χ4v) is 2.16. The number of ketones is 1. The van der Waals surface area contributed by atoms with E-state index in [0.29, 0.717) is 17.2 Å². The van der Waals surface area contributed by atoms with Crippen molar-refractivity contribution in [2.75, 3.05) is 13.7 Å². The molecule has 0 atom stereocenters. The molecule has 3 heteroatoms. The SMILES string of the molecule is COc1ccc(C(C)C)cc1C(=O)C1(CO)CC1. The molecule has 0 bridgehead atoms. The predicted octanol–water partition coefficient (Wildman–Crippen LogP) is 2.77. The topological polar surface area (TPSA) is 46.5 Å². The van der Waals surface area contributed by atoms with Crippen LogP contribution in [0.3, 0.4) is 0 Å². The number of carbonyl (C=O) groups excluding carboxylic acids is 1. The molecule has 1 aromatic rings. The summed E-state index contributed by atoms with van der Waals surface area (Å²) in [4.78, 5) is 12.5. The first-order chi connectivity index (χ1) is 8.54. The molecule has 0 amide bonds. The van der Waals surface area contributed by atoms with Gasteiger partial charge in [0.05, 0.1) is 24.7 Å². The van der Waals surface area contributed by atoms with Gasteiger partial charge in [-0.05, 0) is 36.5 Å². The van der Waals surface area contributed by atoms with Crippen LogP contribution in [0, 0.1) is 5.41 Å². The van der Waals surface area contributed by atoms with Gasteiger partial charge in [-0.3, -0.25) is 4.79 Å². The van der Waals surface area contributed by atoms with Gasteiger partial charge in [0, 0.05) is 0 Å². The Labute approximate surface area is 108 Å². The minimum atomic E-state index is -0.539. The third-order valence-electron chi connectivity index (χ3n) is 3.77. The maximum atomic E-state index is 12.5. The van der Waals surface area contributed by atoms with Crippen LogP contribution in [0.5, 0.6) is 5.75 Å². The van der Waals surface area contributed by atoms with Gasteiger partial charge in [-0.25, -0.2) is 0 Å². The number of ether oxygens (including phenoxy) is 1. The van der Waals surface area contributed by atoms with Gasteiger partial charge in [0.2, 0.25) is 0 Å². The summed E-state index contributed by atoms with van der Waals surface area (Å²) >= 11 is 0. The summed E-state index contributed by atoms with van der Waals surface area (Å²) in [7, 11) is 1.57. The Kier molecular flexibility index (Phi) is 3.44. The summed E-state index contributed by atoms with van der Waals surface area (Å²) in [5, 5.41) is 9.37. The van der Waals surface area contributed by atoms with Crippen molar-refractivity contribution in [3.8, 4) is 5.75 Å². The van der Waals surface area contributed by atoms with Crippen LogP contribution in [-0.2, 0) is 0 Å².